The molecule has 148 valence electrons. The number of para-hydroxylation sites is 1. The van der Waals surface area contributed by atoms with E-state index in [1.807, 2.05) is 0 Å². The van der Waals surface area contributed by atoms with Gasteiger partial charge in [-0.2, -0.15) is 4.40 Å². The Morgan fingerprint density at radius 1 is 0.742 bits per heavy atom. The Hall–Kier alpha value is -3.72. The smallest absolute Gasteiger partial charge is 0.220 e. The number of nitrogens with zero attached hydrogens (tertiary/aromatic N) is 3. The van der Waals surface area contributed by atoms with Crippen LogP contribution in [0.1, 0.15) is 26.3 Å². The van der Waals surface area contributed by atoms with Gasteiger partial charge in [0.25, 0.3) is 0 Å². The SMILES string of the molecule is CC(C)(C)c1cc2c3ccccc3n3c4nc5cc[n+]6ccccc6c5cc4c(c1)c23. The quantitative estimate of drug-likeness (QED) is 0.213. The highest BCUT2D eigenvalue weighted by molar-refractivity contribution is 6.24. The topological polar surface area (TPSA) is 21.4 Å². The maximum atomic E-state index is 5.21. The summed E-state index contributed by atoms with van der Waals surface area (Å²) in [5.41, 5.74) is 7.19. The van der Waals surface area contributed by atoms with Crippen LogP contribution in [0, 0.1) is 0 Å². The van der Waals surface area contributed by atoms with Crippen molar-refractivity contribution in [3.8, 4) is 0 Å². The fourth-order valence-corrected chi connectivity index (χ4v) is 5.14. The Bertz CT molecular complexity index is 1820. The van der Waals surface area contributed by atoms with Crippen LogP contribution in [0.4, 0.5) is 0 Å². The highest BCUT2D eigenvalue weighted by Gasteiger charge is 2.23. The van der Waals surface area contributed by atoms with E-state index in [2.05, 4.69) is 109 Å². The molecule has 0 amide bonds. The molecule has 0 unspecified atom stereocenters. The van der Waals surface area contributed by atoms with Crippen LogP contribution in [-0.2, 0) is 5.41 Å². The summed E-state index contributed by atoms with van der Waals surface area (Å²) < 4.78 is 4.53. The van der Waals surface area contributed by atoms with Crippen molar-refractivity contribution in [2.45, 2.75) is 26.2 Å². The van der Waals surface area contributed by atoms with Crippen molar-refractivity contribution >= 4 is 54.6 Å². The maximum Gasteiger partial charge on any atom is 0.220 e. The van der Waals surface area contributed by atoms with Gasteiger partial charge in [-0.15, -0.1) is 0 Å². The number of pyridine rings is 3. The number of aromatic nitrogens is 3. The maximum absolute atomic E-state index is 5.21. The molecule has 0 saturated carbocycles. The van der Waals surface area contributed by atoms with Crippen molar-refractivity contribution in [2.75, 3.05) is 0 Å². The van der Waals surface area contributed by atoms with E-state index in [0.29, 0.717) is 0 Å². The van der Waals surface area contributed by atoms with Gasteiger partial charge >= 0.3 is 0 Å². The summed E-state index contributed by atoms with van der Waals surface area (Å²) >= 11 is 0. The van der Waals surface area contributed by atoms with Gasteiger partial charge in [0, 0.05) is 39.7 Å². The molecule has 7 aromatic rings. The molecule has 5 aromatic heterocycles. The monoisotopic (exact) mass is 400 g/mol. The fourth-order valence-electron chi connectivity index (χ4n) is 5.14. The standard InChI is InChI=1S/C28H22N3/c1-28(2,3)17-14-19-18-8-4-5-10-25(18)31-26(19)20(15-17)21-16-22-23(29-27(21)31)11-13-30-12-7-6-9-24(22)30/h4-16H,1-3H3/q+1. The first kappa shape index (κ1) is 17.0. The van der Waals surface area contributed by atoms with Crippen molar-refractivity contribution in [1.29, 1.82) is 0 Å². The highest BCUT2D eigenvalue weighted by atomic mass is 15.0. The van der Waals surface area contributed by atoms with Crippen LogP contribution in [0.5, 0.6) is 0 Å². The molecular formula is C28H22N3+. The average Bonchev–Trinajstić information content (AvgIpc) is 3.28. The summed E-state index contributed by atoms with van der Waals surface area (Å²) in [6, 6.07) is 24.3. The Morgan fingerprint density at radius 3 is 2.35 bits per heavy atom. The van der Waals surface area contributed by atoms with Gasteiger partial charge in [-0.1, -0.05) is 39.0 Å². The Balaban J connectivity index is 1.79. The molecule has 0 radical (unpaired) electrons. The largest absolute Gasteiger partial charge is 0.293 e. The summed E-state index contributed by atoms with van der Waals surface area (Å²) in [6.45, 7) is 6.87. The van der Waals surface area contributed by atoms with E-state index >= 15 is 0 Å². The summed E-state index contributed by atoms with van der Waals surface area (Å²) in [5, 5.41) is 6.32. The lowest BCUT2D eigenvalue weighted by Gasteiger charge is -2.19. The van der Waals surface area contributed by atoms with E-state index < -0.39 is 0 Å². The molecule has 2 aromatic carbocycles. The van der Waals surface area contributed by atoms with Gasteiger partial charge in [0.05, 0.1) is 21.9 Å². The second-order valence-electron chi connectivity index (χ2n) is 9.62. The summed E-state index contributed by atoms with van der Waals surface area (Å²) in [5.74, 6) is 0. The molecule has 31 heavy (non-hydrogen) atoms. The molecular weight excluding hydrogens is 378 g/mol. The molecule has 0 saturated heterocycles. The third kappa shape index (κ3) is 2.13. The molecule has 5 heterocycles. The Kier molecular flexibility index (Phi) is 3.02. The zero-order chi connectivity index (χ0) is 20.9. The first-order chi connectivity index (χ1) is 15.0. The number of benzene rings is 2. The van der Waals surface area contributed by atoms with Crippen molar-refractivity contribution in [3.05, 3.63) is 84.7 Å². The van der Waals surface area contributed by atoms with E-state index in [1.165, 1.54) is 49.0 Å². The molecule has 7 rings (SSSR count). The van der Waals surface area contributed by atoms with E-state index in [-0.39, 0.29) is 5.41 Å². The molecule has 0 aliphatic heterocycles. The third-order valence-electron chi connectivity index (χ3n) is 6.73. The summed E-state index contributed by atoms with van der Waals surface area (Å²) in [6.07, 6.45) is 4.19. The van der Waals surface area contributed by atoms with Gasteiger partial charge in [-0.05, 0) is 41.3 Å². The first-order valence-corrected chi connectivity index (χ1v) is 10.8. The number of hydrogen-bond donors (Lipinski definition) is 0. The van der Waals surface area contributed by atoms with Crippen LogP contribution in [0.15, 0.2) is 79.1 Å². The van der Waals surface area contributed by atoms with Crippen LogP contribution in [0.2, 0.25) is 0 Å². The summed E-state index contributed by atoms with van der Waals surface area (Å²) in [7, 11) is 0. The molecule has 0 aliphatic rings. The zero-order valence-corrected chi connectivity index (χ0v) is 17.8. The minimum absolute atomic E-state index is 0.0729. The number of rotatable bonds is 0. The molecule has 0 aliphatic carbocycles. The predicted molar refractivity (Wildman–Crippen MR) is 128 cm³/mol. The van der Waals surface area contributed by atoms with E-state index in [0.717, 1.165) is 11.2 Å². The van der Waals surface area contributed by atoms with Gasteiger partial charge in [-0.25, -0.2) is 4.98 Å². The minimum Gasteiger partial charge on any atom is -0.293 e. The second-order valence-corrected chi connectivity index (χ2v) is 9.62. The zero-order valence-electron chi connectivity index (χ0n) is 17.8. The first-order valence-electron chi connectivity index (χ1n) is 10.8. The van der Waals surface area contributed by atoms with Crippen molar-refractivity contribution in [1.82, 2.24) is 9.38 Å². The van der Waals surface area contributed by atoms with Gasteiger partial charge in [0.1, 0.15) is 5.65 Å². The molecule has 0 fully saturated rings. The predicted octanol–water partition coefficient (Wildman–Crippen LogP) is 6.42. The third-order valence-corrected chi connectivity index (χ3v) is 6.73. The molecule has 0 bridgehead atoms. The van der Waals surface area contributed by atoms with E-state index in [1.54, 1.807) is 0 Å². The van der Waals surface area contributed by atoms with E-state index in [4.69, 9.17) is 4.98 Å². The van der Waals surface area contributed by atoms with Gasteiger partial charge < -0.3 is 0 Å². The fraction of sp³-hybridized carbons (Fsp3) is 0.143. The van der Waals surface area contributed by atoms with Crippen molar-refractivity contribution < 1.29 is 4.40 Å². The average molecular weight is 401 g/mol. The molecule has 3 nitrogen and oxygen atoms in total. The second kappa shape index (κ2) is 5.50. The lowest BCUT2D eigenvalue weighted by molar-refractivity contribution is -0.510. The lowest BCUT2D eigenvalue weighted by atomic mass is 9.85. The number of hydrogen-bond acceptors (Lipinski definition) is 1. The Morgan fingerprint density at radius 2 is 1.52 bits per heavy atom. The van der Waals surface area contributed by atoms with Gasteiger partial charge in [-0.3, -0.25) is 4.40 Å². The normalized spacial score (nSPS) is 13.0. The van der Waals surface area contributed by atoms with Crippen LogP contribution in [-0.4, -0.2) is 9.38 Å². The van der Waals surface area contributed by atoms with Crippen LogP contribution in [0.25, 0.3) is 54.6 Å². The molecule has 0 spiro atoms. The number of fused-ring (bicyclic) bond motifs is 9. The minimum atomic E-state index is 0.0729. The molecule has 0 atom stereocenters. The van der Waals surface area contributed by atoms with Gasteiger partial charge in [0.2, 0.25) is 5.52 Å². The van der Waals surface area contributed by atoms with Crippen molar-refractivity contribution in [3.63, 3.8) is 0 Å². The van der Waals surface area contributed by atoms with Crippen LogP contribution in [0.3, 0.4) is 0 Å². The Labute approximate surface area is 179 Å². The summed E-state index contributed by atoms with van der Waals surface area (Å²) in [4.78, 5) is 5.21. The van der Waals surface area contributed by atoms with Gasteiger partial charge in [0.15, 0.2) is 12.4 Å². The molecule has 0 N–H and O–H groups in total. The highest BCUT2D eigenvalue weighted by Crippen LogP contribution is 2.41. The van der Waals surface area contributed by atoms with E-state index in [9.17, 15) is 0 Å². The molecule has 3 heteroatoms. The van der Waals surface area contributed by atoms with Crippen LogP contribution >= 0.6 is 0 Å². The van der Waals surface area contributed by atoms with Crippen LogP contribution < -0.4 is 4.40 Å². The lowest BCUT2D eigenvalue weighted by Crippen LogP contribution is -2.19. The van der Waals surface area contributed by atoms with Crippen molar-refractivity contribution in [2.24, 2.45) is 0 Å².